The fraction of sp³-hybridized carbons (Fsp3) is 0.0769. The van der Waals surface area contributed by atoms with Crippen LogP contribution in [0.1, 0.15) is 5.56 Å². The van der Waals surface area contributed by atoms with Gasteiger partial charge in [-0.25, -0.2) is 4.39 Å². The molecule has 1 nitrogen and oxygen atoms in total. The Kier molecular flexibility index (Phi) is 4.80. The van der Waals surface area contributed by atoms with Gasteiger partial charge in [-0.2, -0.15) is 0 Å². The molecule has 19 heavy (non-hydrogen) atoms. The quantitative estimate of drug-likeness (QED) is 0.718. The molecule has 0 aliphatic heterocycles. The SMILES string of the molecule is Fc1ccc(Cl)c(CNc2c(Cl)cc(Cl)cc2Cl)c1. The van der Waals surface area contributed by atoms with Crippen LogP contribution in [0.5, 0.6) is 0 Å². The summed E-state index contributed by atoms with van der Waals surface area (Å²) >= 11 is 23.9. The molecule has 100 valence electrons. The first-order valence-electron chi connectivity index (χ1n) is 5.29. The van der Waals surface area contributed by atoms with Gasteiger partial charge in [-0.05, 0) is 35.9 Å². The van der Waals surface area contributed by atoms with E-state index in [2.05, 4.69) is 5.32 Å². The molecular formula is C13H8Cl4FN. The van der Waals surface area contributed by atoms with Crippen molar-refractivity contribution in [3.8, 4) is 0 Å². The van der Waals surface area contributed by atoms with Crippen molar-refractivity contribution in [1.29, 1.82) is 0 Å². The number of halogens is 5. The van der Waals surface area contributed by atoms with Crippen molar-refractivity contribution >= 4 is 52.1 Å². The summed E-state index contributed by atoms with van der Waals surface area (Å²) in [6.45, 7) is 0.303. The van der Waals surface area contributed by atoms with Crippen LogP contribution in [0.15, 0.2) is 30.3 Å². The molecule has 0 spiro atoms. The second-order valence-electron chi connectivity index (χ2n) is 3.83. The summed E-state index contributed by atoms with van der Waals surface area (Å²) in [5.74, 6) is -0.352. The molecule has 0 saturated heterocycles. The zero-order chi connectivity index (χ0) is 14.0. The van der Waals surface area contributed by atoms with Crippen LogP contribution in [-0.2, 0) is 6.54 Å². The third-order valence-corrected chi connectivity index (χ3v) is 3.65. The van der Waals surface area contributed by atoms with Gasteiger partial charge >= 0.3 is 0 Å². The minimum Gasteiger partial charge on any atom is -0.378 e. The summed E-state index contributed by atoms with van der Waals surface area (Å²) in [7, 11) is 0. The van der Waals surface area contributed by atoms with Crippen LogP contribution in [0.4, 0.5) is 10.1 Å². The first-order valence-corrected chi connectivity index (χ1v) is 6.81. The zero-order valence-corrected chi connectivity index (χ0v) is 12.5. The molecule has 2 aromatic carbocycles. The van der Waals surface area contributed by atoms with Crippen LogP contribution < -0.4 is 5.32 Å². The highest BCUT2D eigenvalue weighted by molar-refractivity contribution is 6.41. The summed E-state index contributed by atoms with van der Waals surface area (Å²) in [5, 5.41) is 4.72. The normalized spacial score (nSPS) is 10.6. The Labute approximate surface area is 130 Å². The van der Waals surface area contributed by atoms with Gasteiger partial charge in [0, 0.05) is 16.6 Å². The highest BCUT2D eigenvalue weighted by Crippen LogP contribution is 2.34. The van der Waals surface area contributed by atoms with Gasteiger partial charge < -0.3 is 5.32 Å². The number of hydrogen-bond donors (Lipinski definition) is 1. The van der Waals surface area contributed by atoms with Crippen LogP contribution in [-0.4, -0.2) is 0 Å². The molecule has 0 aliphatic carbocycles. The molecule has 2 aromatic rings. The number of benzene rings is 2. The molecule has 0 unspecified atom stereocenters. The smallest absolute Gasteiger partial charge is 0.123 e. The average Bonchev–Trinajstić information content (AvgIpc) is 2.32. The van der Waals surface area contributed by atoms with Crippen molar-refractivity contribution in [2.45, 2.75) is 6.54 Å². The summed E-state index contributed by atoms with van der Waals surface area (Å²) in [4.78, 5) is 0. The molecular weight excluding hydrogens is 331 g/mol. The predicted molar refractivity (Wildman–Crippen MR) is 80.2 cm³/mol. The molecule has 0 heterocycles. The Balaban J connectivity index is 2.21. The molecule has 0 amide bonds. The standard InChI is InChI=1S/C13H8Cl4FN/c14-8-4-11(16)13(12(17)5-8)19-6-7-3-9(18)1-2-10(7)15/h1-5,19H,6H2. The van der Waals surface area contributed by atoms with E-state index in [1.165, 1.54) is 18.2 Å². The largest absolute Gasteiger partial charge is 0.378 e. The minimum atomic E-state index is -0.352. The van der Waals surface area contributed by atoms with Gasteiger partial charge in [-0.3, -0.25) is 0 Å². The van der Waals surface area contributed by atoms with Crippen molar-refractivity contribution in [1.82, 2.24) is 0 Å². The van der Waals surface area contributed by atoms with Gasteiger partial charge in [-0.15, -0.1) is 0 Å². The third-order valence-electron chi connectivity index (χ3n) is 2.47. The molecule has 6 heteroatoms. The van der Waals surface area contributed by atoms with E-state index in [1.54, 1.807) is 12.1 Å². The summed E-state index contributed by atoms with van der Waals surface area (Å²) < 4.78 is 13.1. The lowest BCUT2D eigenvalue weighted by Crippen LogP contribution is -2.02. The van der Waals surface area contributed by atoms with Gasteiger partial charge in [0.25, 0.3) is 0 Å². The van der Waals surface area contributed by atoms with Crippen molar-refractivity contribution in [3.05, 3.63) is 61.8 Å². The zero-order valence-electron chi connectivity index (χ0n) is 9.48. The Morgan fingerprint density at radius 2 is 1.53 bits per heavy atom. The summed E-state index contributed by atoms with van der Waals surface area (Å²) in [6, 6.07) is 7.30. The Hall–Kier alpha value is -0.670. The topological polar surface area (TPSA) is 12.0 Å². The van der Waals surface area contributed by atoms with E-state index in [4.69, 9.17) is 46.4 Å². The first-order chi connectivity index (χ1) is 8.97. The maximum atomic E-state index is 13.1. The second-order valence-corrected chi connectivity index (χ2v) is 5.49. The lowest BCUT2D eigenvalue weighted by molar-refractivity contribution is 0.626. The fourth-order valence-electron chi connectivity index (χ4n) is 1.57. The lowest BCUT2D eigenvalue weighted by atomic mass is 10.2. The number of anilines is 1. The van der Waals surface area contributed by atoms with E-state index in [-0.39, 0.29) is 5.82 Å². The van der Waals surface area contributed by atoms with Crippen LogP contribution >= 0.6 is 46.4 Å². The van der Waals surface area contributed by atoms with Gasteiger partial charge in [-0.1, -0.05) is 46.4 Å². The Morgan fingerprint density at radius 3 is 2.16 bits per heavy atom. The monoisotopic (exact) mass is 337 g/mol. The molecule has 1 N–H and O–H groups in total. The Bertz CT molecular complexity index is 593. The Morgan fingerprint density at radius 1 is 0.895 bits per heavy atom. The van der Waals surface area contributed by atoms with Crippen LogP contribution in [0.25, 0.3) is 0 Å². The minimum absolute atomic E-state index is 0.303. The number of hydrogen-bond acceptors (Lipinski definition) is 1. The van der Waals surface area contributed by atoms with Crippen LogP contribution in [0.3, 0.4) is 0 Å². The molecule has 0 saturated carbocycles. The fourth-order valence-corrected chi connectivity index (χ4v) is 2.71. The highest BCUT2D eigenvalue weighted by atomic mass is 35.5. The molecule has 0 fully saturated rings. The van der Waals surface area contributed by atoms with Crippen molar-refractivity contribution in [2.75, 3.05) is 5.32 Å². The number of nitrogens with one attached hydrogen (secondary N) is 1. The van der Waals surface area contributed by atoms with Crippen molar-refractivity contribution < 1.29 is 4.39 Å². The van der Waals surface area contributed by atoms with E-state index in [1.807, 2.05) is 0 Å². The van der Waals surface area contributed by atoms with E-state index in [9.17, 15) is 4.39 Å². The van der Waals surface area contributed by atoms with Crippen molar-refractivity contribution in [3.63, 3.8) is 0 Å². The lowest BCUT2D eigenvalue weighted by Gasteiger charge is -2.12. The van der Waals surface area contributed by atoms with Crippen LogP contribution in [0.2, 0.25) is 20.1 Å². The van der Waals surface area contributed by atoms with E-state index in [0.29, 0.717) is 37.9 Å². The first kappa shape index (κ1) is 14.7. The molecule has 0 bridgehead atoms. The maximum Gasteiger partial charge on any atom is 0.123 e. The maximum absolute atomic E-state index is 13.1. The van der Waals surface area contributed by atoms with Crippen molar-refractivity contribution in [2.24, 2.45) is 0 Å². The number of rotatable bonds is 3. The molecule has 0 aliphatic rings. The van der Waals surface area contributed by atoms with Gasteiger partial charge in [0.15, 0.2) is 0 Å². The predicted octanol–water partition coefficient (Wildman–Crippen LogP) is 6.05. The van der Waals surface area contributed by atoms with E-state index in [0.717, 1.165) is 0 Å². The average molecular weight is 339 g/mol. The highest BCUT2D eigenvalue weighted by Gasteiger charge is 2.09. The van der Waals surface area contributed by atoms with Gasteiger partial charge in [0.1, 0.15) is 5.82 Å². The molecule has 2 rings (SSSR count). The van der Waals surface area contributed by atoms with Gasteiger partial charge in [0.05, 0.1) is 15.7 Å². The summed E-state index contributed by atoms with van der Waals surface area (Å²) in [6.07, 6.45) is 0. The van der Waals surface area contributed by atoms with E-state index >= 15 is 0 Å². The van der Waals surface area contributed by atoms with E-state index < -0.39 is 0 Å². The van der Waals surface area contributed by atoms with Crippen LogP contribution in [0, 0.1) is 5.82 Å². The molecule has 0 radical (unpaired) electrons. The molecule has 0 atom stereocenters. The third kappa shape index (κ3) is 3.67. The summed E-state index contributed by atoms with van der Waals surface area (Å²) in [5.41, 5.74) is 1.15. The molecule has 0 aromatic heterocycles. The van der Waals surface area contributed by atoms with Gasteiger partial charge in [0.2, 0.25) is 0 Å². The second kappa shape index (κ2) is 6.19.